The van der Waals surface area contributed by atoms with E-state index in [2.05, 4.69) is 0 Å². The highest BCUT2D eigenvalue weighted by Crippen LogP contribution is 2.31. The van der Waals surface area contributed by atoms with Crippen molar-refractivity contribution in [3.05, 3.63) is 58.9 Å². The first-order valence-corrected chi connectivity index (χ1v) is 8.54. The lowest BCUT2D eigenvalue weighted by Crippen LogP contribution is -2.41. The lowest BCUT2D eigenvalue weighted by atomic mass is 10.2. The molecule has 0 saturated carbocycles. The van der Waals surface area contributed by atoms with Crippen molar-refractivity contribution in [2.45, 2.75) is 13.0 Å². The molecule has 0 radical (unpaired) electrons. The molecule has 0 aliphatic carbocycles. The molecule has 2 aromatic rings. The van der Waals surface area contributed by atoms with Gasteiger partial charge < -0.3 is 14.5 Å². The average molecular weight is 377 g/mol. The summed E-state index contributed by atoms with van der Waals surface area (Å²) in [5, 5.41) is 0.280. The summed E-state index contributed by atoms with van der Waals surface area (Å²) >= 11 is 6.01. The van der Waals surface area contributed by atoms with Crippen LogP contribution in [0.5, 0.6) is 5.75 Å². The molecule has 0 atom stereocenters. The van der Waals surface area contributed by atoms with Gasteiger partial charge in [-0.05, 0) is 24.3 Å². The summed E-state index contributed by atoms with van der Waals surface area (Å²) in [6, 6.07) is 11.6. The number of carbonyl (C=O) groups excluding carboxylic acids is 2. The van der Waals surface area contributed by atoms with Gasteiger partial charge in [0.1, 0.15) is 11.6 Å². The van der Waals surface area contributed by atoms with Crippen LogP contribution < -0.4 is 9.64 Å². The Bertz CT molecular complexity index is 823. The molecule has 0 aromatic heterocycles. The first-order valence-electron chi connectivity index (χ1n) is 8.16. The number of hydrogen-bond acceptors (Lipinski definition) is 3. The molecule has 0 bridgehead atoms. The van der Waals surface area contributed by atoms with E-state index >= 15 is 0 Å². The number of ether oxygens (including phenoxy) is 1. The number of para-hydroxylation sites is 2. The van der Waals surface area contributed by atoms with Crippen molar-refractivity contribution in [2.75, 3.05) is 25.1 Å². The number of carbonyl (C=O) groups is 2. The van der Waals surface area contributed by atoms with Crippen LogP contribution in [0.2, 0.25) is 5.02 Å². The largest absolute Gasteiger partial charge is 0.482 e. The van der Waals surface area contributed by atoms with Crippen molar-refractivity contribution in [3.8, 4) is 5.75 Å². The third-order valence-electron chi connectivity index (χ3n) is 4.24. The van der Waals surface area contributed by atoms with Crippen LogP contribution in [0, 0.1) is 5.82 Å². The van der Waals surface area contributed by atoms with E-state index in [0.29, 0.717) is 11.4 Å². The molecule has 7 heteroatoms. The maximum Gasteiger partial charge on any atom is 0.265 e. The Labute approximate surface area is 155 Å². The maximum absolute atomic E-state index is 13.9. The molecular formula is C19H18ClFN2O3. The third-order valence-corrected chi connectivity index (χ3v) is 4.59. The van der Waals surface area contributed by atoms with E-state index in [1.807, 2.05) is 12.1 Å². The summed E-state index contributed by atoms with van der Waals surface area (Å²) in [7, 11) is 1.58. The normalized spacial score (nSPS) is 13.2. The number of anilines is 1. The first-order chi connectivity index (χ1) is 12.5. The van der Waals surface area contributed by atoms with Gasteiger partial charge in [-0.25, -0.2) is 4.39 Å². The van der Waals surface area contributed by atoms with Gasteiger partial charge in [0.15, 0.2) is 6.61 Å². The Morgan fingerprint density at radius 2 is 2.04 bits per heavy atom. The van der Waals surface area contributed by atoms with Crippen molar-refractivity contribution < 1.29 is 18.7 Å². The summed E-state index contributed by atoms with van der Waals surface area (Å²) in [5.74, 6) is -0.238. The summed E-state index contributed by atoms with van der Waals surface area (Å²) in [5.41, 5.74) is 0.925. The Kier molecular flexibility index (Phi) is 5.42. The molecule has 0 unspecified atom stereocenters. The van der Waals surface area contributed by atoms with E-state index in [0.717, 1.165) is 0 Å². The quantitative estimate of drug-likeness (QED) is 0.804. The minimum atomic E-state index is -0.450. The molecule has 26 heavy (non-hydrogen) atoms. The second-order valence-corrected chi connectivity index (χ2v) is 6.41. The highest BCUT2D eigenvalue weighted by Gasteiger charge is 2.26. The predicted octanol–water partition coefficient (Wildman–Crippen LogP) is 3.25. The van der Waals surface area contributed by atoms with E-state index < -0.39 is 5.82 Å². The SMILES string of the molecule is CN(Cc1c(F)cccc1Cl)C(=O)CCN1C(=O)COc2ccccc21. The highest BCUT2D eigenvalue weighted by molar-refractivity contribution is 6.31. The van der Waals surface area contributed by atoms with Crippen molar-refractivity contribution >= 4 is 29.1 Å². The van der Waals surface area contributed by atoms with Crippen LogP contribution >= 0.6 is 11.6 Å². The summed E-state index contributed by atoms with van der Waals surface area (Å²) in [6.07, 6.45) is 0.114. The molecule has 136 valence electrons. The maximum atomic E-state index is 13.9. The molecule has 0 saturated heterocycles. The number of halogens is 2. The predicted molar refractivity (Wildman–Crippen MR) is 96.8 cm³/mol. The van der Waals surface area contributed by atoms with Gasteiger partial charge in [-0.3, -0.25) is 9.59 Å². The van der Waals surface area contributed by atoms with Gasteiger partial charge in [-0.15, -0.1) is 0 Å². The van der Waals surface area contributed by atoms with Crippen LogP contribution in [-0.2, 0) is 16.1 Å². The smallest absolute Gasteiger partial charge is 0.265 e. The second-order valence-electron chi connectivity index (χ2n) is 6.00. The van der Waals surface area contributed by atoms with Crippen LogP contribution in [0.4, 0.5) is 10.1 Å². The van der Waals surface area contributed by atoms with Gasteiger partial charge in [0.05, 0.1) is 5.69 Å². The van der Waals surface area contributed by atoms with E-state index in [9.17, 15) is 14.0 Å². The van der Waals surface area contributed by atoms with Crippen molar-refractivity contribution in [3.63, 3.8) is 0 Å². The van der Waals surface area contributed by atoms with Crippen LogP contribution in [0.15, 0.2) is 42.5 Å². The number of benzene rings is 2. The zero-order valence-electron chi connectivity index (χ0n) is 14.2. The van der Waals surface area contributed by atoms with Gasteiger partial charge >= 0.3 is 0 Å². The Balaban J connectivity index is 1.64. The first kappa shape index (κ1) is 18.2. The lowest BCUT2D eigenvalue weighted by molar-refractivity contribution is -0.130. The monoisotopic (exact) mass is 376 g/mol. The Morgan fingerprint density at radius 3 is 2.81 bits per heavy atom. The fourth-order valence-electron chi connectivity index (χ4n) is 2.81. The molecule has 5 nitrogen and oxygen atoms in total. The zero-order chi connectivity index (χ0) is 18.7. The van der Waals surface area contributed by atoms with Gasteiger partial charge in [-0.2, -0.15) is 0 Å². The average Bonchev–Trinajstić information content (AvgIpc) is 2.63. The third kappa shape index (κ3) is 3.80. The molecular weight excluding hydrogens is 359 g/mol. The van der Waals surface area contributed by atoms with Crippen LogP contribution in [0.25, 0.3) is 0 Å². The van der Waals surface area contributed by atoms with Crippen molar-refractivity contribution in [1.82, 2.24) is 4.90 Å². The Hall–Kier alpha value is -2.60. The number of rotatable bonds is 5. The minimum absolute atomic E-state index is 0.0497. The van der Waals surface area contributed by atoms with E-state index in [1.54, 1.807) is 30.1 Å². The molecule has 1 aliphatic heterocycles. The van der Waals surface area contributed by atoms with Gasteiger partial charge in [0.25, 0.3) is 5.91 Å². The summed E-state index contributed by atoms with van der Waals surface area (Å²) in [4.78, 5) is 27.5. The van der Waals surface area contributed by atoms with Crippen LogP contribution in [0.3, 0.4) is 0 Å². The standard InChI is InChI=1S/C19H18ClFN2O3/c1-22(11-13-14(20)5-4-6-15(13)21)18(24)9-10-23-16-7-2-3-8-17(16)26-12-19(23)25/h2-8H,9-12H2,1H3. The molecule has 0 fully saturated rings. The van der Waals surface area contributed by atoms with Crippen LogP contribution in [-0.4, -0.2) is 36.9 Å². The number of fused-ring (bicyclic) bond motifs is 1. The fourth-order valence-corrected chi connectivity index (χ4v) is 3.03. The molecule has 0 N–H and O–H groups in total. The fraction of sp³-hybridized carbons (Fsp3) is 0.263. The van der Waals surface area contributed by atoms with Crippen molar-refractivity contribution in [1.29, 1.82) is 0 Å². The molecule has 1 aliphatic rings. The van der Waals surface area contributed by atoms with E-state index in [4.69, 9.17) is 16.3 Å². The highest BCUT2D eigenvalue weighted by atomic mass is 35.5. The van der Waals surface area contributed by atoms with Gasteiger partial charge in [0, 0.05) is 37.1 Å². The molecule has 0 spiro atoms. The topological polar surface area (TPSA) is 49.9 Å². The summed E-state index contributed by atoms with van der Waals surface area (Å²) in [6.45, 7) is 0.247. The number of nitrogens with zero attached hydrogens (tertiary/aromatic N) is 2. The molecule has 2 amide bonds. The summed E-state index contributed by atoms with van der Waals surface area (Å²) < 4.78 is 19.3. The zero-order valence-corrected chi connectivity index (χ0v) is 15.0. The molecule has 3 rings (SSSR count). The van der Waals surface area contributed by atoms with Gasteiger partial charge in [-0.1, -0.05) is 29.8 Å². The van der Waals surface area contributed by atoms with E-state index in [-0.39, 0.29) is 48.5 Å². The van der Waals surface area contributed by atoms with Gasteiger partial charge in [0.2, 0.25) is 5.91 Å². The van der Waals surface area contributed by atoms with Crippen LogP contribution in [0.1, 0.15) is 12.0 Å². The lowest BCUT2D eigenvalue weighted by Gasteiger charge is -2.29. The second kappa shape index (κ2) is 7.74. The minimum Gasteiger partial charge on any atom is -0.482 e. The molecule has 1 heterocycles. The van der Waals surface area contributed by atoms with E-state index in [1.165, 1.54) is 17.0 Å². The van der Waals surface area contributed by atoms with Crippen molar-refractivity contribution in [2.24, 2.45) is 0 Å². The molecule has 2 aromatic carbocycles. The number of amides is 2. The number of hydrogen-bond donors (Lipinski definition) is 0. The Morgan fingerprint density at radius 1 is 1.27 bits per heavy atom.